The van der Waals surface area contributed by atoms with E-state index in [2.05, 4.69) is 5.32 Å². The van der Waals surface area contributed by atoms with Gasteiger partial charge in [-0.15, -0.1) is 0 Å². The first-order valence-electron chi connectivity index (χ1n) is 4.72. The molecule has 1 unspecified atom stereocenters. The summed E-state index contributed by atoms with van der Waals surface area (Å²) in [6, 6.07) is 0. The maximum Gasteiger partial charge on any atom is 0.225 e. The van der Waals surface area contributed by atoms with Crippen molar-refractivity contribution in [2.75, 3.05) is 33.7 Å². The predicted molar refractivity (Wildman–Crippen MR) is 51.3 cm³/mol. The van der Waals surface area contributed by atoms with Crippen molar-refractivity contribution in [1.82, 2.24) is 15.1 Å². The number of amides is 1. The Morgan fingerprint density at radius 2 is 2.15 bits per heavy atom. The highest BCUT2D eigenvalue weighted by Gasteiger charge is 2.22. The predicted octanol–water partition coefficient (Wildman–Crippen LogP) is -0.269. The van der Waals surface area contributed by atoms with Crippen LogP contribution in [0.5, 0.6) is 0 Å². The summed E-state index contributed by atoms with van der Waals surface area (Å²) < 4.78 is 0. The molecule has 0 N–H and O–H groups in total. The molecule has 1 amide bonds. The Morgan fingerprint density at radius 3 is 2.77 bits per heavy atom. The topological polar surface area (TPSA) is 37.7 Å². The molecule has 0 aromatic rings. The van der Waals surface area contributed by atoms with E-state index in [4.69, 9.17) is 0 Å². The Hall–Kier alpha value is -0.610. The minimum Gasteiger partial charge on any atom is -0.326 e. The number of rotatable bonds is 2. The molecule has 75 valence electrons. The molecule has 1 radical (unpaired) electrons. The van der Waals surface area contributed by atoms with Crippen molar-refractivity contribution in [2.24, 2.45) is 0 Å². The van der Waals surface area contributed by atoms with Gasteiger partial charge in [0, 0.05) is 26.1 Å². The van der Waals surface area contributed by atoms with Gasteiger partial charge in [0.05, 0.1) is 6.17 Å². The molecule has 4 heteroatoms. The van der Waals surface area contributed by atoms with E-state index in [0.717, 1.165) is 13.1 Å². The second kappa shape index (κ2) is 4.58. The molecule has 0 aromatic carbocycles. The van der Waals surface area contributed by atoms with Crippen molar-refractivity contribution in [3.8, 4) is 0 Å². The Kier molecular flexibility index (Phi) is 3.69. The van der Waals surface area contributed by atoms with Gasteiger partial charge < -0.3 is 4.90 Å². The maximum absolute atomic E-state index is 11.6. The number of hydrogen-bond acceptors (Lipinski definition) is 2. The minimum atomic E-state index is 0.181. The highest BCUT2D eigenvalue weighted by Crippen LogP contribution is 2.06. The summed E-state index contributed by atoms with van der Waals surface area (Å²) in [5, 5.41) is 4.23. The van der Waals surface area contributed by atoms with Crippen LogP contribution in [0.25, 0.3) is 0 Å². The highest BCUT2D eigenvalue weighted by atomic mass is 16.2. The highest BCUT2D eigenvalue weighted by molar-refractivity contribution is 5.76. The standard InChI is InChI=1S/C9H18N3O/c1-8(11(2)3)12-7-6-10-5-4-9(12)13/h8H,4-7H2,1-3H3. The average Bonchev–Trinajstić information content (AvgIpc) is 2.28. The van der Waals surface area contributed by atoms with Gasteiger partial charge in [0.2, 0.25) is 5.91 Å². The zero-order valence-corrected chi connectivity index (χ0v) is 8.66. The van der Waals surface area contributed by atoms with Crippen molar-refractivity contribution in [1.29, 1.82) is 0 Å². The molecule has 1 fully saturated rings. The van der Waals surface area contributed by atoms with Crippen LogP contribution in [0.15, 0.2) is 0 Å². The fourth-order valence-electron chi connectivity index (χ4n) is 1.41. The molecule has 0 aromatic heterocycles. The van der Waals surface area contributed by atoms with Crippen molar-refractivity contribution in [2.45, 2.75) is 19.5 Å². The molecule has 0 aliphatic carbocycles. The monoisotopic (exact) mass is 184 g/mol. The molecule has 1 aliphatic rings. The van der Waals surface area contributed by atoms with Crippen molar-refractivity contribution in [3.63, 3.8) is 0 Å². The van der Waals surface area contributed by atoms with Crippen molar-refractivity contribution in [3.05, 3.63) is 0 Å². The summed E-state index contributed by atoms with van der Waals surface area (Å²) in [4.78, 5) is 15.5. The number of carbonyl (C=O) groups excluding carboxylic acids is 1. The lowest BCUT2D eigenvalue weighted by atomic mass is 10.3. The number of nitrogens with zero attached hydrogens (tertiary/aromatic N) is 3. The summed E-state index contributed by atoms with van der Waals surface area (Å²) in [5.41, 5.74) is 0. The SMILES string of the molecule is CC(N(C)C)N1CC[N]CCC1=O. The van der Waals surface area contributed by atoms with E-state index < -0.39 is 0 Å². The third-order valence-corrected chi connectivity index (χ3v) is 2.50. The van der Waals surface area contributed by atoms with Crippen LogP contribution in [0.2, 0.25) is 0 Å². The second-order valence-corrected chi connectivity index (χ2v) is 3.60. The van der Waals surface area contributed by atoms with Crippen LogP contribution < -0.4 is 5.32 Å². The summed E-state index contributed by atoms with van der Waals surface area (Å²) >= 11 is 0. The van der Waals surface area contributed by atoms with Crippen molar-refractivity contribution >= 4 is 5.91 Å². The molecule has 13 heavy (non-hydrogen) atoms. The Morgan fingerprint density at radius 1 is 1.46 bits per heavy atom. The van der Waals surface area contributed by atoms with Crippen LogP contribution in [0.3, 0.4) is 0 Å². The largest absolute Gasteiger partial charge is 0.326 e. The molecule has 0 spiro atoms. The first-order chi connectivity index (χ1) is 6.13. The summed E-state index contributed by atoms with van der Waals surface area (Å²) in [5.74, 6) is 0.224. The molecule has 1 rings (SSSR count). The lowest BCUT2D eigenvalue weighted by Gasteiger charge is -2.32. The Labute approximate surface area is 79.9 Å². The van der Waals surface area contributed by atoms with E-state index in [1.807, 2.05) is 30.8 Å². The van der Waals surface area contributed by atoms with E-state index in [0.29, 0.717) is 13.0 Å². The normalized spacial score (nSPS) is 21.8. The van der Waals surface area contributed by atoms with Crippen LogP contribution in [0.1, 0.15) is 13.3 Å². The smallest absolute Gasteiger partial charge is 0.225 e. The van der Waals surface area contributed by atoms with Gasteiger partial charge in [-0.25, -0.2) is 5.32 Å². The summed E-state index contributed by atoms with van der Waals surface area (Å²) in [6.45, 7) is 4.28. The van der Waals surface area contributed by atoms with E-state index in [9.17, 15) is 4.79 Å². The average molecular weight is 184 g/mol. The fraction of sp³-hybridized carbons (Fsp3) is 0.889. The number of carbonyl (C=O) groups is 1. The van der Waals surface area contributed by atoms with E-state index >= 15 is 0 Å². The minimum absolute atomic E-state index is 0.181. The van der Waals surface area contributed by atoms with Crippen LogP contribution in [0.4, 0.5) is 0 Å². The number of hydrogen-bond donors (Lipinski definition) is 0. The molecule has 0 saturated carbocycles. The van der Waals surface area contributed by atoms with Crippen LogP contribution in [0, 0.1) is 0 Å². The second-order valence-electron chi connectivity index (χ2n) is 3.60. The molecule has 1 heterocycles. The van der Waals surface area contributed by atoms with Gasteiger partial charge in [-0.2, -0.15) is 0 Å². The zero-order valence-electron chi connectivity index (χ0n) is 8.66. The fourth-order valence-corrected chi connectivity index (χ4v) is 1.41. The van der Waals surface area contributed by atoms with Gasteiger partial charge in [-0.1, -0.05) is 0 Å². The van der Waals surface area contributed by atoms with Crippen LogP contribution >= 0.6 is 0 Å². The Balaban J connectivity index is 2.58. The molecule has 4 nitrogen and oxygen atoms in total. The van der Waals surface area contributed by atoms with Crippen molar-refractivity contribution < 1.29 is 4.79 Å². The molecular weight excluding hydrogens is 166 g/mol. The lowest BCUT2D eigenvalue weighted by molar-refractivity contribution is -0.135. The zero-order chi connectivity index (χ0) is 9.84. The molecule has 0 bridgehead atoms. The third-order valence-electron chi connectivity index (χ3n) is 2.50. The van der Waals surface area contributed by atoms with E-state index in [-0.39, 0.29) is 12.1 Å². The summed E-state index contributed by atoms with van der Waals surface area (Å²) in [6.07, 6.45) is 0.749. The molecule has 1 aliphatic heterocycles. The van der Waals surface area contributed by atoms with Gasteiger partial charge in [0.1, 0.15) is 0 Å². The third kappa shape index (κ3) is 2.67. The molecule has 1 atom stereocenters. The first-order valence-corrected chi connectivity index (χ1v) is 4.72. The quantitative estimate of drug-likeness (QED) is 0.592. The Bertz CT molecular complexity index is 182. The molecule has 1 saturated heterocycles. The summed E-state index contributed by atoms with van der Waals surface area (Å²) in [7, 11) is 3.97. The van der Waals surface area contributed by atoms with Crippen LogP contribution in [-0.4, -0.2) is 55.6 Å². The molecular formula is C9H18N3O. The van der Waals surface area contributed by atoms with Crippen LogP contribution in [-0.2, 0) is 4.79 Å². The van der Waals surface area contributed by atoms with E-state index in [1.165, 1.54) is 0 Å². The lowest BCUT2D eigenvalue weighted by Crippen LogP contribution is -2.46. The van der Waals surface area contributed by atoms with Gasteiger partial charge in [0.15, 0.2) is 0 Å². The van der Waals surface area contributed by atoms with Gasteiger partial charge >= 0.3 is 0 Å². The van der Waals surface area contributed by atoms with E-state index in [1.54, 1.807) is 0 Å². The van der Waals surface area contributed by atoms with Gasteiger partial charge in [-0.3, -0.25) is 9.69 Å². The first kappa shape index (κ1) is 10.5. The van der Waals surface area contributed by atoms with Gasteiger partial charge in [-0.05, 0) is 21.0 Å². The van der Waals surface area contributed by atoms with Gasteiger partial charge in [0.25, 0.3) is 0 Å². The maximum atomic E-state index is 11.6.